The molecule has 1 nitrogen and oxygen atoms in total. The van der Waals surface area contributed by atoms with Gasteiger partial charge in [-0.2, -0.15) is 0 Å². The average molecular weight is 147 g/mol. The van der Waals surface area contributed by atoms with Crippen molar-refractivity contribution in [1.29, 1.82) is 0 Å². The van der Waals surface area contributed by atoms with Crippen molar-refractivity contribution in [2.24, 2.45) is 0 Å². The number of hydrogen-bond acceptors (Lipinski definition) is 1. The number of rotatable bonds is 3. The van der Waals surface area contributed by atoms with Gasteiger partial charge in [0, 0.05) is 0 Å². The largest absolute Gasteiger partial charge is 0.494 e. The van der Waals surface area contributed by atoms with Crippen LogP contribution in [0.5, 0.6) is 5.75 Å². The molecule has 0 N–H and O–H groups in total. The molecule has 0 aliphatic heterocycles. The summed E-state index contributed by atoms with van der Waals surface area (Å²) in [7, 11) is 0. The molecule has 0 fully saturated rings. The molecule has 0 aromatic heterocycles. The average Bonchev–Trinajstić information content (AvgIpc) is 2.07. The van der Waals surface area contributed by atoms with Crippen LogP contribution < -0.4 is 4.74 Å². The van der Waals surface area contributed by atoms with Crippen LogP contribution in [0.4, 0.5) is 0 Å². The molecule has 0 amide bonds. The van der Waals surface area contributed by atoms with Gasteiger partial charge in [-0.3, -0.25) is 0 Å². The second-order valence-corrected chi connectivity index (χ2v) is 2.12. The van der Waals surface area contributed by atoms with Gasteiger partial charge in [-0.1, -0.05) is 18.7 Å². The fourth-order valence-corrected chi connectivity index (χ4v) is 0.806. The van der Waals surface area contributed by atoms with Gasteiger partial charge in [0.2, 0.25) is 0 Å². The maximum absolute atomic E-state index is 5.24. The highest BCUT2D eigenvalue weighted by atomic mass is 16.5. The molecular formula is C10H11O. The van der Waals surface area contributed by atoms with Crippen LogP contribution in [-0.2, 0) is 0 Å². The third-order valence-electron chi connectivity index (χ3n) is 1.34. The molecule has 57 valence electrons. The third-order valence-corrected chi connectivity index (χ3v) is 1.34. The molecular weight excluding hydrogens is 136 g/mol. The van der Waals surface area contributed by atoms with E-state index in [0.717, 1.165) is 11.3 Å². The van der Waals surface area contributed by atoms with E-state index in [-0.39, 0.29) is 0 Å². The van der Waals surface area contributed by atoms with Crippen molar-refractivity contribution in [1.82, 2.24) is 0 Å². The van der Waals surface area contributed by atoms with Gasteiger partial charge < -0.3 is 4.74 Å². The van der Waals surface area contributed by atoms with Gasteiger partial charge in [0.25, 0.3) is 0 Å². The van der Waals surface area contributed by atoms with E-state index in [0.29, 0.717) is 6.61 Å². The summed E-state index contributed by atoms with van der Waals surface area (Å²) >= 11 is 0. The lowest BCUT2D eigenvalue weighted by Gasteiger charge is -2.01. The van der Waals surface area contributed by atoms with Gasteiger partial charge >= 0.3 is 0 Å². The molecule has 0 bridgehead atoms. The first-order chi connectivity index (χ1) is 5.36. The highest BCUT2D eigenvalue weighted by molar-refractivity contribution is 5.47. The minimum absolute atomic E-state index is 0.696. The second kappa shape index (κ2) is 3.81. The molecule has 1 heteroatoms. The summed E-state index contributed by atoms with van der Waals surface area (Å²) < 4.78 is 5.24. The second-order valence-electron chi connectivity index (χ2n) is 2.12. The highest BCUT2D eigenvalue weighted by Gasteiger charge is 1.89. The lowest BCUT2D eigenvalue weighted by molar-refractivity contribution is 0.340. The number of benzene rings is 1. The van der Waals surface area contributed by atoms with Crippen molar-refractivity contribution >= 4 is 6.08 Å². The zero-order chi connectivity index (χ0) is 8.10. The van der Waals surface area contributed by atoms with E-state index in [1.165, 1.54) is 0 Å². The Kier molecular flexibility index (Phi) is 2.73. The summed E-state index contributed by atoms with van der Waals surface area (Å²) in [5.41, 5.74) is 0.994. The predicted octanol–water partition coefficient (Wildman–Crippen LogP) is 2.53. The fraction of sp³-hybridized carbons (Fsp3) is 0.200. The zero-order valence-corrected chi connectivity index (χ0v) is 6.63. The first-order valence-corrected chi connectivity index (χ1v) is 3.63. The van der Waals surface area contributed by atoms with Crippen LogP contribution in [0.3, 0.4) is 0 Å². The van der Waals surface area contributed by atoms with E-state index in [1.807, 2.05) is 25.1 Å². The molecule has 0 unspecified atom stereocenters. The van der Waals surface area contributed by atoms with Gasteiger partial charge in [-0.15, -0.1) is 0 Å². The van der Waals surface area contributed by atoms with E-state index in [4.69, 9.17) is 4.74 Å². The molecule has 0 aliphatic carbocycles. The first kappa shape index (κ1) is 7.86. The summed E-state index contributed by atoms with van der Waals surface area (Å²) in [6, 6.07) is 8.69. The van der Waals surface area contributed by atoms with Crippen molar-refractivity contribution in [3.63, 3.8) is 0 Å². The SMILES string of the molecule is C=Cc1[c]cc(OCC)cc1. The van der Waals surface area contributed by atoms with Crippen LogP contribution in [0, 0.1) is 6.07 Å². The zero-order valence-electron chi connectivity index (χ0n) is 6.63. The predicted molar refractivity (Wildman–Crippen MR) is 46.5 cm³/mol. The van der Waals surface area contributed by atoms with E-state index >= 15 is 0 Å². The van der Waals surface area contributed by atoms with Crippen LogP contribution in [0.1, 0.15) is 12.5 Å². The lowest BCUT2D eigenvalue weighted by atomic mass is 10.2. The smallest absolute Gasteiger partial charge is 0.119 e. The minimum Gasteiger partial charge on any atom is -0.494 e. The van der Waals surface area contributed by atoms with Crippen molar-refractivity contribution in [2.45, 2.75) is 6.92 Å². The maximum Gasteiger partial charge on any atom is 0.119 e. The van der Waals surface area contributed by atoms with Gasteiger partial charge in [0.1, 0.15) is 5.75 Å². The van der Waals surface area contributed by atoms with E-state index in [1.54, 1.807) is 6.08 Å². The molecule has 1 aromatic carbocycles. The monoisotopic (exact) mass is 147 g/mol. The summed E-state index contributed by atoms with van der Waals surface area (Å²) in [5, 5.41) is 0. The molecule has 0 heterocycles. The highest BCUT2D eigenvalue weighted by Crippen LogP contribution is 2.11. The van der Waals surface area contributed by atoms with Gasteiger partial charge in [-0.05, 0) is 30.7 Å². The van der Waals surface area contributed by atoms with Gasteiger partial charge in [-0.25, -0.2) is 0 Å². The van der Waals surface area contributed by atoms with E-state index < -0.39 is 0 Å². The summed E-state index contributed by atoms with van der Waals surface area (Å²) in [6.07, 6.45) is 1.76. The molecule has 1 rings (SSSR count). The first-order valence-electron chi connectivity index (χ1n) is 3.63. The molecule has 1 radical (unpaired) electrons. The van der Waals surface area contributed by atoms with Crippen LogP contribution in [-0.4, -0.2) is 6.61 Å². The molecule has 0 spiro atoms. The molecule has 0 saturated carbocycles. The van der Waals surface area contributed by atoms with Crippen molar-refractivity contribution < 1.29 is 4.74 Å². The van der Waals surface area contributed by atoms with E-state index in [9.17, 15) is 0 Å². The van der Waals surface area contributed by atoms with Crippen LogP contribution in [0.2, 0.25) is 0 Å². The molecule has 0 aliphatic rings. The maximum atomic E-state index is 5.24. The Morgan fingerprint density at radius 1 is 1.64 bits per heavy atom. The molecule has 1 aromatic rings. The third kappa shape index (κ3) is 2.11. The Morgan fingerprint density at radius 3 is 2.91 bits per heavy atom. The van der Waals surface area contributed by atoms with E-state index in [2.05, 4.69) is 12.6 Å². The topological polar surface area (TPSA) is 9.23 Å². The summed E-state index contributed by atoms with van der Waals surface area (Å²) in [4.78, 5) is 0. The Labute approximate surface area is 67.3 Å². The Balaban J connectivity index is 2.74. The molecule has 0 atom stereocenters. The molecule has 0 saturated heterocycles. The summed E-state index contributed by atoms with van der Waals surface area (Å²) in [6.45, 7) is 6.29. The fourth-order valence-electron chi connectivity index (χ4n) is 0.806. The van der Waals surface area contributed by atoms with Gasteiger partial charge in [0.05, 0.1) is 6.61 Å². The van der Waals surface area contributed by atoms with Crippen molar-refractivity contribution in [3.05, 3.63) is 36.4 Å². The Morgan fingerprint density at radius 2 is 2.45 bits per heavy atom. The normalized spacial score (nSPS) is 9.18. The molecule has 11 heavy (non-hydrogen) atoms. The number of ether oxygens (including phenoxy) is 1. The van der Waals surface area contributed by atoms with Crippen LogP contribution >= 0.6 is 0 Å². The number of hydrogen-bond donors (Lipinski definition) is 0. The van der Waals surface area contributed by atoms with Crippen molar-refractivity contribution in [2.75, 3.05) is 6.61 Å². The van der Waals surface area contributed by atoms with Gasteiger partial charge in [0.15, 0.2) is 0 Å². The van der Waals surface area contributed by atoms with Crippen LogP contribution in [0.15, 0.2) is 24.8 Å². The quantitative estimate of drug-likeness (QED) is 0.638. The van der Waals surface area contributed by atoms with Crippen molar-refractivity contribution in [3.8, 4) is 5.75 Å². The standard InChI is InChI=1S/C10H11O/c1-3-9-5-7-10(8-6-9)11-4-2/h3,5,7-8H,1,4H2,2H3. The lowest BCUT2D eigenvalue weighted by Crippen LogP contribution is -1.90. The summed E-state index contributed by atoms with van der Waals surface area (Å²) in [5.74, 6) is 0.859. The minimum atomic E-state index is 0.696. The van der Waals surface area contributed by atoms with Crippen LogP contribution in [0.25, 0.3) is 6.08 Å². The Bertz CT molecular complexity index is 223. The Hall–Kier alpha value is -1.24.